The molecule has 1 heterocycles. The van der Waals surface area contributed by atoms with Crippen molar-refractivity contribution in [1.82, 2.24) is 5.32 Å². The molecule has 6 heteroatoms. The van der Waals surface area contributed by atoms with Crippen LogP contribution in [0.15, 0.2) is 86.5 Å². The van der Waals surface area contributed by atoms with Crippen molar-refractivity contribution in [2.24, 2.45) is 0 Å². The Hall–Kier alpha value is -3.38. The molecule has 4 aromatic rings. The Morgan fingerprint density at radius 1 is 0.972 bits per heavy atom. The van der Waals surface area contributed by atoms with Crippen molar-refractivity contribution in [3.05, 3.63) is 93.1 Å². The number of rotatable bonds is 4. The van der Waals surface area contributed by atoms with Gasteiger partial charge in [0.05, 0.1) is 16.5 Å². The van der Waals surface area contributed by atoms with Gasteiger partial charge in [-0.25, -0.2) is 4.79 Å². The van der Waals surface area contributed by atoms with Crippen molar-refractivity contribution < 1.29 is 13.9 Å². The quantitative estimate of drug-likeness (QED) is 0.284. The Labute approximate surface area is 218 Å². The summed E-state index contributed by atoms with van der Waals surface area (Å²) in [7, 11) is 0. The maximum Gasteiger partial charge on any atom is 0.408 e. The number of benzene rings is 3. The van der Waals surface area contributed by atoms with Crippen LogP contribution in [0.1, 0.15) is 45.6 Å². The molecule has 1 fully saturated rings. The lowest BCUT2D eigenvalue weighted by Gasteiger charge is -2.43. The van der Waals surface area contributed by atoms with E-state index in [1.807, 2.05) is 87.5 Å². The minimum atomic E-state index is -0.563. The predicted molar refractivity (Wildman–Crippen MR) is 146 cm³/mol. The number of alkyl carbamates (subject to hydrolysis) is 1. The Kier molecular flexibility index (Phi) is 6.25. The minimum Gasteiger partial charge on any atom is -0.455 e. The molecule has 1 aliphatic carbocycles. The number of amides is 1. The zero-order valence-corrected chi connectivity index (χ0v) is 22.1. The molecule has 1 aliphatic rings. The second kappa shape index (κ2) is 9.25. The molecule has 0 atom stereocenters. The van der Waals surface area contributed by atoms with Gasteiger partial charge in [0.1, 0.15) is 16.9 Å². The lowest BCUT2D eigenvalue weighted by atomic mass is 9.71. The van der Waals surface area contributed by atoms with Crippen molar-refractivity contribution in [3.8, 4) is 22.5 Å². The van der Waals surface area contributed by atoms with Gasteiger partial charge in [0.25, 0.3) is 0 Å². The summed E-state index contributed by atoms with van der Waals surface area (Å²) in [5, 5.41) is 3.62. The number of halogens is 1. The van der Waals surface area contributed by atoms with Crippen molar-refractivity contribution in [2.45, 2.75) is 51.2 Å². The molecule has 36 heavy (non-hydrogen) atoms. The summed E-state index contributed by atoms with van der Waals surface area (Å²) < 4.78 is 12.7. The molecule has 1 aromatic heterocycles. The average molecular weight is 546 g/mol. The summed E-state index contributed by atoms with van der Waals surface area (Å²) in [6.45, 7) is 5.56. The third-order valence-electron chi connectivity index (χ3n) is 6.56. The Morgan fingerprint density at radius 2 is 1.67 bits per heavy atom. The zero-order chi connectivity index (χ0) is 25.5. The van der Waals surface area contributed by atoms with Gasteiger partial charge >= 0.3 is 6.09 Å². The van der Waals surface area contributed by atoms with Gasteiger partial charge in [-0.15, -0.1) is 0 Å². The van der Waals surface area contributed by atoms with Crippen molar-refractivity contribution in [2.75, 3.05) is 0 Å². The highest BCUT2D eigenvalue weighted by molar-refractivity contribution is 9.10. The Bertz CT molecular complexity index is 1480. The topological polar surface area (TPSA) is 68.5 Å². The summed E-state index contributed by atoms with van der Waals surface area (Å²) >= 11 is 3.47. The fraction of sp³-hybridized carbons (Fsp3) is 0.267. The number of nitrogens with one attached hydrogen (secondary N) is 1. The summed E-state index contributed by atoms with van der Waals surface area (Å²) in [4.78, 5) is 26.2. The van der Waals surface area contributed by atoms with Crippen LogP contribution in [0.25, 0.3) is 33.4 Å². The van der Waals surface area contributed by atoms with Gasteiger partial charge in [-0.05, 0) is 69.4 Å². The van der Waals surface area contributed by atoms with E-state index in [4.69, 9.17) is 9.15 Å². The average Bonchev–Trinajstić information content (AvgIpc) is 2.81. The molecule has 5 nitrogen and oxygen atoms in total. The molecule has 0 unspecified atom stereocenters. The SMILES string of the molecule is CC(C)(C)OC(=O)NC1(c2ccc(-c3c(-c4ccccc4)oc4cc(Br)ccc4c3=O)cc2)CCC1. The summed E-state index contributed by atoms with van der Waals surface area (Å²) in [6, 6.07) is 23.0. The Morgan fingerprint density at radius 3 is 2.28 bits per heavy atom. The maximum absolute atomic E-state index is 13.7. The molecule has 184 valence electrons. The highest BCUT2D eigenvalue weighted by Gasteiger charge is 2.41. The monoisotopic (exact) mass is 545 g/mol. The number of hydrogen-bond acceptors (Lipinski definition) is 4. The lowest BCUT2D eigenvalue weighted by Crippen LogP contribution is -2.52. The summed E-state index contributed by atoms with van der Waals surface area (Å²) in [6.07, 6.45) is 2.29. The fourth-order valence-electron chi connectivity index (χ4n) is 4.69. The van der Waals surface area contributed by atoms with Crippen LogP contribution in [0.2, 0.25) is 0 Å². The van der Waals surface area contributed by atoms with Crippen LogP contribution in [-0.2, 0) is 10.3 Å². The number of ether oxygens (including phenoxy) is 1. The van der Waals surface area contributed by atoms with E-state index in [0.717, 1.165) is 40.4 Å². The van der Waals surface area contributed by atoms with E-state index in [-0.39, 0.29) is 5.43 Å². The van der Waals surface area contributed by atoms with Crippen molar-refractivity contribution >= 4 is 33.0 Å². The van der Waals surface area contributed by atoms with E-state index in [1.54, 1.807) is 6.07 Å². The van der Waals surface area contributed by atoms with Crippen LogP contribution in [0.4, 0.5) is 4.79 Å². The standard InChI is InChI=1S/C30H28BrNO4/c1-29(2,3)36-28(34)32-30(16-7-17-30)21-12-10-19(11-13-21)25-26(33)23-15-14-22(31)18-24(23)35-27(25)20-8-5-4-6-9-20/h4-6,8-15,18H,7,16-17H2,1-3H3,(H,32,34). The molecule has 0 saturated heterocycles. The zero-order valence-electron chi connectivity index (χ0n) is 20.6. The summed E-state index contributed by atoms with van der Waals surface area (Å²) in [5.74, 6) is 0.532. The van der Waals surface area contributed by atoms with Gasteiger partial charge in [-0.3, -0.25) is 4.79 Å². The number of fused-ring (bicyclic) bond motifs is 1. The maximum atomic E-state index is 13.7. The van der Waals surface area contributed by atoms with E-state index in [0.29, 0.717) is 22.3 Å². The van der Waals surface area contributed by atoms with Crippen LogP contribution in [0.5, 0.6) is 0 Å². The smallest absolute Gasteiger partial charge is 0.408 e. The van der Waals surface area contributed by atoms with E-state index < -0.39 is 17.2 Å². The molecular weight excluding hydrogens is 518 g/mol. The van der Waals surface area contributed by atoms with Crippen LogP contribution in [0.3, 0.4) is 0 Å². The van der Waals surface area contributed by atoms with Crippen molar-refractivity contribution in [1.29, 1.82) is 0 Å². The number of carbonyl (C=O) groups is 1. The highest BCUT2D eigenvalue weighted by Crippen LogP contribution is 2.42. The Balaban J connectivity index is 1.57. The first-order valence-electron chi connectivity index (χ1n) is 12.1. The molecular formula is C30H28BrNO4. The van der Waals surface area contributed by atoms with Crippen LogP contribution >= 0.6 is 15.9 Å². The molecule has 1 amide bonds. The van der Waals surface area contributed by atoms with Crippen LogP contribution in [-0.4, -0.2) is 11.7 Å². The molecule has 0 bridgehead atoms. The molecule has 3 aromatic carbocycles. The van der Waals surface area contributed by atoms with Gasteiger partial charge in [0.15, 0.2) is 0 Å². The normalized spacial score (nSPS) is 14.8. The van der Waals surface area contributed by atoms with Crippen LogP contribution < -0.4 is 10.7 Å². The minimum absolute atomic E-state index is 0.0828. The lowest BCUT2D eigenvalue weighted by molar-refractivity contribution is 0.0377. The first kappa shape index (κ1) is 24.3. The van der Waals surface area contributed by atoms with Crippen LogP contribution in [0, 0.1) is 0 Å². The van der Waals surface area contributed by atoms with Crippen molar-refractivity contribution in [3.63, 3.8) is 0 Å². The number of hydrogen-bond donors (Lipinski definition) is 1. The third kappa shape index (κ3) is 4.70. The fourth-order valence-corrected chi connectivity index (χ4v) is 5.03. The summed E-state index contributed by atoms with van der Waals surface area (Å²) in [5.41, 5.74) is 2.55. The number of carbonyl (C=O) groups excluding carboxylic acids is 1. The van der Waals surface area contributed by atoms with E-state index in [1.165, 1.54) is 0 Å². The van der Waals surface area contributed by atoms with E-state index in [2.05, 4.69) is 21.2 Å². The van der Waals surface area contributed by atoms with Gasteiger partial charge < -0.3 is 14.5 Å². The second-order valence-electron chi connectivity index (χ2n) is 10.3. The third-order valence-corrected chi connectivity index (χ3v) is 7.06. The molecule has 1 N–H and O–H groups in total. The molecule has 1 saturated carbocycles. The molecule has 5 rings (SSSR count). The van der Waals surface area contributed by atoms with Gasteiger partial charge in [0, 0.05) is 10.0 Å². The largest absolute Gasteiger partial charge is 0.455 e. The second-order valence-corrected chi connectivity index (χ2v) is 11.2. The van der Waals surface area contributed by atoms with Gasteiger partial charge in [-0.2, -0.15) is 0 Å². The predicted octanol–water partition coefficient (Wildman–Crippen LogP) is 7.79. The van der Waals surface area contributed by atoms with E-state index >= 15 is 0 Å². The first-order chi connectivity index (χ1) is 17.2. The van der Waals surface area contributed by atoms with E-state index in [9.17, 15) is 9.59 Å². The molecule has 0 radical (unpaired) electrons. The molecule has 0 spiro atoms. The first-order valence-corrected chi connectivity index (χ1v) is 12.9. The molecule has 0 aliphatic heterocycles. The van der Waals surface area contributed by atoms with Gasteiger partial charge in [-0.1, -0.05) is 70.5 Å². The van der Waals surface area contributed by atoms with Gasteiger partial charge in [0.2, 0.25) is 5.43 Å². The highest BCUT2D eigenvalue weighted by atomic mass is 79.9.